The molecule has 0 aliphatic carbocycles. The van der Waals surface area contributed by atoms with Crippen LogP contribution in [-0.4, -0.2) is 29.3 Å². The second-order valence-corrected chi connectivity index (χ2v) is 9.45. The lowest BCUT2D eigenvalue weighted by atomic mass is 9.72. The number of thioether (sulfide) groups is 1. The molecule has 0 saturated carbocycles. The van der Waals surface area contributed by atoms with Crippen LogP contribution >= 0.6 is 23.1 Å². The summed E-state index contributed by atoms with van der Waals surface area (Å²) in [4.78, 5) is 3.88. The molecule has 4 rings (SSSR count). The quantitative estimate of drug-likeness (QED) is 0.785. The Morgan fingerprint density at radius 2 is 2.13 bits per heavy atom. The first-order valence-electron chi connectivity index (χ1n) is 8.70. The van der Waals surface area contributed by atoms with Crippen molar-refractivity contribution in [2.24, 2.45) is 5.92 Å². The third-order valence-corrected chi connectivity index (χ3v) is 8.53. The van der Waals surface area contributed by atoms with E-state index in [2.05, 4.69) is 47.0 Å². The number of nitrogens with zero attached hydrogens (tertiary/aromatic N) is 2. The van der Waals surface area contributed by atoms with Crippen molar-refractivity contribution in [1.29, 1.82) is 5.26 Å². The Kier molecular flexibility index (Phi) is 4.30. The van der Waals surface area contributed by atoms with Crippen LogP contribution in [0.15, 0.2) is 29.0 Å². The predicted octanol–water partition coefficient (Wildman–Crippen LogP) is 4.79. The van der Waals surface area contributed by atoms with Gasteiger partial charge in [-0.3, -0.25) is 0 Å². The van der Waals surface area contributed by atoms with Crippen molar-refractivity contribution in [3.05, 3.63) is 33.9 Å². The number of piperidine rings is 1. The fraction of sp³-hybridized carbons (Fsp3) is 0.632. The number of thiophene rings is 1. The highest BCUT2D eigenvalue weighted by molar-refractivity contribution is 8.03. The SMILES string of the molecule is CN1[C@@H]2CC[C@H]1C[C@@H](CC(C#N)(c1cccs1)C1CC=CS1)C2. The Balaban J connectivity index is 1.60. The molecule has 0 aromatic carbocycles. The van der Waals surface area contributed by atoms with Crippen LogP contribution in [0.4, 0.5) is 0 Å². The molecule has 2 nitrogen and oxygen atoms in total. The van der Waals surface area contributed by atoms with Gasteiger partial charge < -0.3 is 4.90 Å². The molecule has 0 N–H and O–H groups in total. The Labute approximate surface area is 147 Å². The zero-order valence-electron chi connectivity index (χ0n) is 13.6. The van der Waals surface area contributed by atoms with Crippen LogP contribution in [0.5, 0.6) is 0 Å². The summed E-state index contributed by atoms with van der Waals surface area (Å²) in [5.74, 6) is 0.701. The van der Waals surface area contributed by atoms with Crippen LogP contribution in [0.25, 0.3) is 0 Å². The number of nitriles is 1. The van der Waals surface area contributed by atoms with Crippen molar-refractivity contribution < 1.29 is 0 Å². The van der Waals surface area contributed by atoms with Gasteiger partial charge in [-0.1, -0.05) is 12.1 Å². The zero-order valence-corrected chi connectivity index (χ0v) is 15.3. The highest BCUT2D eigenvalue weighted by Crippen LogP contribution is 2.49. The van der Waals surface area contributed by atoms with Gasteiger partial charge in [0.2, 0.25) is 0 Å². The standard InChI is InChI=1S/C19H24N2S2/c1-21-15-6-7-16(21)11-14(10-15)12-19(13-20,17-4-2-8-22-17)18-5-3-9-23-18/h2-4,8-9,14-16,18H,5-7,10-12H2,1H3/t14-,15+,16-,18?,19?. The lowest BCUT2D eigenvalue weighted by Gasteiger charge is -2.41. The minimum absolute atomic E-state index is 0.303. The van der Waals surface area contributed by atoms with Gasteiger partial charge in [0.25, 0.3) is 0 Å². The van der Waals surface area contributed by atoms with E-state index in [0.29, 0.717) is 11.2 Å². The average molecular weight is 345 g/mol. The largest absolute Gasteiger partial charge is 0.300 e. The molecule has 1 aromatic heterocycles. The first kappa shape index (κ1) is 15.7. The maximum atomic E-state index is 10.2. The third kappa shape index (κ3) is 2.67. The number of fused-ring (bicyclic) bond motifs is 2. The van der Waals surface area contributed by atoms with E-state index in [9.17, 15) is 5.26 Å². The van der Waals surface area contributed by atoms with Crippen molar-refractivity contribution in [3.8, 4) is 6.07 Å². The number of hydrogen-bond donors (Lipinski definition) is 0. The average Bonchev–Trinajstić information content (AvgIpc) is 3.29. The second kappa shape index (κ2) is 6.27. The van der Waals surface area contributed by atoms with Gasteiger partial charge in [-0.05, 0) is 68.3 Å². The van der Waals surface area contributed by atoms with Crippen LogP contribution in [0.3, 0.4) is 0 Å². The van der Waals surface area contributed by atoms with E-state index in [-0.39, 0.29) is 5.41 Å². The van der Waals surface area contributed by atoms with Gasteiger partial charge in [0.1, 0.15) is 5.41 Å². The Hall–Kier alpha value is -0.760. The predicted molar refractivity (Wildman–Crippen MR) is 98.7 cm³/mol. The molecule has 3 aliphatic rings. The van der Waals surface area contributed by atoms with Crippen molar-refractivity contribution in [3.63, 3.8) is 0 Å². The van der Waals surface area contributed by atoms with E-state index < -0.39 is 0 Å². The first-order chi connectivity index (χ1) is 11.2. The van der Waals surface area contributed by atoms with Crippen LogP contribution in [0.2, 0.25) is 0 Å². The molecule has 23 heavy (non-hydrogen) atoms. The van der Waals surface area contributed by atoms with Gasteiger partial charge in [-0.25, -0.2) is 0 Å². The minimum atomic E-state index is -0.303. The van der Waals surface area contributed by atoms with E-state index in [1.165, 1.54) is 30.6 Å². The molecule has 0 radical (unpaired) electrons. The van der Waals surface area contributed by atoms with Crippen LogP contribution < -0.4 is 0 Å². The highest BCUT2D eigenvalue weighted by atomic mass is 32.2. The first-order valence-corrected chi connectivity index (χ1v) is 10.5. The molecule has 4 heteroatoms. The monoisotopic (exact) mass is 344 g/mol. The van der Waals surface area contributed by atoms with Crippen molar-refractivity contribution in [2.75, 3.05) is 7.05 Å². The number of allylic oxidation sites excluding steroid dienone is 1. The van der Waals surface area contributed by atoms with E-state index in [1.807, 2.05) is 11.8 Å². The topological polar surface area (TPSA) is 27.0 Å². The Bertz CT molecular complexity index is 596. The lowest BCUT2D eigenvalue weighted by Crippen LogP contribution is -2.43. The molecular weight excluding hydrogens is 320 g/mol. The summed E-state index contributed by atoms with van der Waals surface area (Å²) in [6.45, 7) is 0. The molecule has 1 aromatic rings. The molecule has 0 amide bonds. The summed E-state index contributed by atoms with van der Waals surface area (Å²) in [6.07, 6.45) is 9.61. The van der Waals surface area contributed by atoms with E-state index in [4.69, 9.17) is 0 Å². The zero-order chi connectivity index (χ0) is 15.9. The summed E-state index contributed by atoms with van der Waals surface area (Å²) in [7, 11) is 2.30. The van der Waals surface area contributed by atoms with Crippen LogP contribution in [0, 0.1) is 17.2 Å². The van der Waals surface area contributed by atoms with Crippen molar-refractivity contribution in [1.82, 2.24) is 4.90 Å². The van der Waals surface area contributed by atoms with Gasteiger partial charge in [0, 0.05) is 22.2 Å². The fourth-order valence-corrected chi connectivity index (χ4v) is 7.10. The van der Waals surface area contributed by atoms with Crippen molar-refractivity contribution >= 4 is 23.1 Å². The second-order valence-electron chi connectivity index (χ2n) is 7.38. The normalized spacial score (nSPS) is 36.0. The number of hydrogen-bond acceptors (Lipinski definition) is 4. The van der Waals surface area contributed by atoms with Gasteiger partial charge >= 0.3 is 0 Å². The number of rotatable bonds is 4. The maximum Gasteiger partial charge on any atom is 0.104 e. The molecule has 2 unspecified atom stereocenters. The summed E-state index contributed by atoms with van der Waals surface area (Å²) in [5.41, 5.74) is -0.303. The molecule has 0 spiro atoms. The fourth-order valence-electron chi connectivity index (χ4n) is 4.94. The van der Waals surface area contributed by atoms with Crippen LogP contribution in [0.1, 0.15) is 43.4 Å². The third-order valence-electron chi connectivity index (χ3n) is 6.21. The van der Waals surface area contributed by atoms with E-state index in [0.717, 1.165) is 24.9 Å². The van der Waals surface area contributed by atoms with Gasteiger partial charge in [0.15, 0.2) is 0 Å². The molecular formula is C19H24N2S2. The lowest BCUT2D eigenvalue weighted by molar-refractivity contribution is 0.120. The molecule has 2 saturated heterocycles. The van der Waals surface area contributed by atoms with Gasteiger partial charge in [-0.2, -0.15) is 5.26 Å². The molecule has 2 bridgehead atoms. The molecule has 5 atom stereocenters. The summed E-state index contributed by atoms with van der Waals surface area (Å²) in [6, 6.07) is 8.62. The van der Waals surface area contributed by atoms with Crippen LogP contribution in [-0.2, 0) is 5.41 Å². The van der Waals surface area contributed by atoms with Gasteiger partial charge in [-0.15, -0.1) is 23.1 Å². The molecule has 2 fully saturated rings. The highest BCUT2D eigenvalue weighted by Gasteiger charge is 2.47. The Morgan fingerprint density at radius 3 is 2.70 bits per heavy atom. The van der Waals surface area contributed by atoms with E-state index in [1.54, 1.807) is 11.3 Å². The molecule has 3 aliphatic heterocycles. The smallest absolute Gasteiger partial charge is 0.104 e. The summed E-state index contributed by atoms with van der Waals surface area (Å²) < 4.78 is 0. The van der Waals surface area contributed by atoms with Gasteiger partial charge in [0.05, 0.1) is 6.07 Å². The minimum Gasteiger partial charge on any atom is -0.300 e. The summed E-state index contributed by atoms with van der Waals surface area (Å²) in [5, 5.41) is 15.0. The molecule has 4 heterocycles. The van der Waals surface area contributed by atoms with Crippen molar-refractivity contribution in [2.45, 2.75) is 61.3 Å². The maximum absolute atomic E-state index is 10.2. The molecule has 122 valence electrons. The van der Waals surface area contributed by atoms with E-state index >= 15 is 0 Å². The Morgan fingerprint density at radius 1 is 1.35 bits per heavy atom. The summed E-state index contributed by atoms with van der Waals surface area (Å²) >= 11 is 3.65.